The highest BCUT2D eigenvalue weighted by molar-refractivity contribution is 5.80. The topological polar surface area (TPSA) is 103 Å². The molecule has 3 aromatic rings. The van der Waals surface area contributed by atoms with Crippen LogP contribution < -0.4 is 15.7 Å². The normalized spacial score (nSPS) is 11.3. The second-order valence-electron chi connectivity index (χ2n) is 5.96. The largest absolute Gasteiger partial charge is 0.484 e. The number of nitrogens with zero attached hydrogens (tertiary/aromatic N) is 3. The minimum Gasteiger partial charge on any atom is -0.484 e. The van der Waals surface area contributed by atoms with E-state index in [2.05, 4.69) is 25.2 Å². The third kappa shape index (κ3) is 5.45. The second kappa shape index (κ2) is 8.91. The molecule has 0 saturated heterocycles. The van der Waals surface area contributed by atoms with Gasteiger partial charge in [0.15, 0.2) is 6.61 Å². The van der Waals surface area contributed by atoms with Gasteiger partial charge < -0.3 is 4.74 Å². The number of aromatic amines is 1. The number of hydrogen-bond acceptors (Lipinski definition) is 6. The lowest BCUT2D eigenvalue weighted by Gasteiger charge is -2.08. The number of halogens is 3. The quantitative estimate of drug-likeness (QED) is 0.474. The monoisotopic (exact) mass is 413 g/mol. The first kappa shape index (κ1) is 20.6. The highest BCUT2D eigenvalue weighted by atomic mass is 19.4. The van der Waals surface area contributed by atoms with Crippen LogP contribution in [0.3, 0.4) is 0 Å². The van der Waals surface area contributed by atoms with Gasteiger partial charge in [-0.15, -0.1) is 0 Å². The van der Waals surface area contributed by atoms with Crippen LogP contribution in [0.4, 0.5) is 19.1 Å². The Morgan fingerprint density at radius 2 is 1.87 bits per heavy atom. The van der Waals surface area contributed by atoms with E-state index in [-0.39, 0.29) is 23.0 Å². The first-order valence-corrected chi connectivity index (χ1v) is 8.54. The van der Waals surface area contributed by atoms with Crippen molar-refractivity contribution in [3.63, 3.8) is 0 Å². The SMILES string of the molecule is N#Cc1c(-c2ccccc2)nc(NN=Cc2ccc(OCC(F)(F)F)cc2)[nH]c1=O. The summed E-state index contributed by atoms with van der Waals surface area (Å²) in [6.45, 7) is -1.37. The van der Waals surface area contributed by atoms with Crippen molar-refractivity contribution in [2.75, 3.05) is 12.0 Å². The Hall–Kier alpha value is -4.13. The molecule has 152 valence electrons. The Kier molecular flexibility index (Phi) is 6.12. The van der Waals surface area contributed by atoms with Gasteiger partial charge in [-0.05, 0) is 29.8 Å². The lowest BCUT2D eigenvalue weighted by Crippen LogP contribution is -2.19. The van der Waals surface area contributed by atoms with Crippen LogP contribution in [0.1, 0.15) is 11.1 Å². The lowest BCUT2D eigenvalue weighted by molar-refractivity contribution is -0.153. The van der Waals surface area contributed by atoms with Gasteiger partial charge in [-0.3, -0.25) is 9.78 Å². The van der Waals surface area contributed by atoms with Gasteiger partial charge in [0.05, 0.1) is 11.9 Å². The van der Waals surface area contributed by atoms with Gasteiger partial charge in [0.1, 0.15) is 17.4 Å². The molecule has 0 amide bonds. The molecule has 7 nitrogen and oxygen atoms in total. The zero-order valence-electron chi connectivity index (χ0n) is 15.3. The van der Waals surface area contributed by atoms with Crippen molar-refractivity contribution in [2.24, 2.45) is 5.10 Å². The summed E-state index contributed by atoms with van der Waals surface area (Å²) < 4.78 is 41.1. The summed E-state index contributed by atoms with van der Waals surface area (Å²) in [6.07, 6.45) is -3.03. The summed E-state index contributed by atoms with van der Waals surface area (Å²) in [6, 6.07) is 16.4. The van der Waals surface area contributed by atoms with Gasteiger partial charge in [0.2, 0.25) is 5.95 Å². The number of hydrogen-bond donors (Lipinski definition) is 2. The van der Waals surface area contributed by atoms with Crippen LogP contribution in [0.5, 0.6) is 5.75 Å². The predicted octanol–water partition coefficient (Wildman–Crippen LogP) is 3.70. The molecule has 0 bridgehead atoms. The van der Waals surface area contributed by atoms with E-state index < -0.39 is 18.3 Å². The number of nitriles is 1. The molecular weight excluding hydrogens is 399 g/mol. The van der Waals surface area contributed by atoms with E-state index in [1.807, 2.05) is 6.07 Å². The Bertz CT molecular complexity index is 1130. The maximum atomic E-state index is 12.2. The second-order valence-corrected chi connectivity index (χ2v) is 5.96. The molecule has 0 spiro atoms. The van der Waals surface area contributed by atoms with E-state index in [0.29, 0.717) is 11.1 Å². The van der Waals surface area contributed by atoms with E-state index >= 15 is 0 Å². The summed E-state index contributed by atoms with van der Waals surface area (Å²) in [5.74, 6) is 0.0993. The van der Waals surface area contributed by atoms with Gasteiger partial charge in [0.25, 0.3) is 5.56 Å². The summed E-state index contributed by atoms with van der Waals surface area (Å²) in [5.41, 5.74) is 3.22. The van der Waals surface area contributed by atoms with Crippen molar-refractivity contribution in [1.82, 2.24) is 9.97 Å². The number of ether oxygens (including phenoxy) is 1. The summed E-state index contributed by atoms with van der Waals surface area (Å²) in [7, 11) is 0. The minimum absolute atomic E-state index is 0.0271. The molecule has 0 aliphatic rings. The predicted molar refractivity (Wildman–Crippen MR) is 104 cm³/mol. The number of nitrogens with one attached hydrogen (secondary N) is 2. The van der Waals surface area contributed by atoms with Crippen molar-refractivity contribution in [3.8, 4) is 23.1 Å². The molecule has 0 radical (unpaired) electrons. The maximum Gasteiger partial charge on any atom is 0.422 e. The van der Waals surface area contributed by atoms with E-state index in [1.165, 1.54) is 30.5 Å². The fraction of sp³-hybridized carbons (Fsp3) is 0.100. The van der Waals surface area contributed by atoms with Crippen molar-refractivity contribution >= 4 is 12.2 Å². The summed E-state index contributed by atoms with van der Waals surface area (Å²) in [5, 5.41) is 13.2. The van der Waals surface area contributed by atoms with Crippen molar-refractivity contribution in [1.29, 1.82) is 5.26 Å². The van der Waals surface area contributed by atoms with Crippen molar-refractivity contribution in [2.45, 2.75) is 6.18 Å². The van der Waals surface area contributed by atoms with Crippen LogP contribution in [0.15, 0.2) is 64.5 Å². The average Bonchev–Trinajstić information content (AvgIpc) is 2.73. The van der Waals surface area contributed by atoms with Crippen LogP contribution >= 0.6 is 0 Å². The minimum atomic E-state index is -4.41. The molecule has 0 unspecified atom stereocenters. The first-order valence-electron chi connectivity index (χ1n) is 8.54. The molecule has 2 N–H and O–H groups in total. The third-order valence-electron chi connectivity index (χ3n) is 3.75. The third-order valence-corrected chi connectivity index (χ3v) is 3.75. The molecule has 0 fully saturated rings. The zero-order chi connectivity index (χ0) is 21.6. The first-order chi connectivity index (χ1) is 14.4. The molecular formula is C20H14F3N5O2. The number of hydrazone groups is 1. The molecule has 0 aliphatic carbocycles. The zero-order valence-corrected chi connectivity index (χ0v) is 15.3. The fourth-order valence-corrected chi connectivity index (χ4v) is 2.42. The number of rotatable bonds is 6. The van der Waals surface area contributed by atoms with Crippen LogP contribution in [-0.2, 0) is 0 Å². The molecule has 2 aromatic carbocycles. The van der Waals surface area contributed by atoms with Crippen LogP contribution in [-0.4, -0.2) is 29.0 Å². The van der Waals surface area contributed by atoms with Gasteiger partial charge in [0, 0.05) is 5.56 Å². The van der Waals surface area contributed by atoms with Crippen LogP contribution in [0.25, 0.3) is 11.3 Å². The molecule has 0 aliphatic heterocycles. The average molecular weight is 413 g/mol. The van der Waals surface area contributed by atoms with Crippen LogP contribution in [0.2, 0.25) is 0 Å². The number of aromatic nitrogens is 2. The Morgan fingerprint density at radius 3 is 2.50 bits per heavy atom. The van der Waals surface area contributed by atoms with Crippen molar-refractivity contribution in [3.05, 3.63) is 76.1 Å². The molecule has 3 rings (SSSR count). The number of H-pyrrole nitrogens is 1. The van der Waals surface area contributed by atoms with E-state index in [4.69, 9.17) is 0 Å². The lowest BCUT2D eigenvalue weighted by atomic mass is 10.1. The van der Waals surface area contributed by atoms with E-state index in [0.717, 1.165) is 0 Å². The highest BCUT2D eigenvalue weighted by Gasteiger charge is 2.28. The Morgan fingerprint density at radius 1 is 1.17 bits per heavy atom. The maximum absolute atomic E-state index is 12.2. The molecule has 30 heavy (non-hydrogen) atoms. The standard InChI is InChI=1S/C20H14F3N5O2/c21-20(22,23)12-30-15-8-6-13(7-9-15)11-25-28-19-26-17(14-4-2-1-3-5-14)16(10-24)18(29)27-19/h1-9,11H,12H2,(H2,26,27,28,29). The molecule has 10 heteroatoms. The smallest absolute Gasteiger partial charge is 0.422 e. The Balaban J connectivity index is 1.73. The van der Waals surface area contributed by atoms with E-state index in [1.54, 1.807) is 30.3 Å². The highest BCUT2D eigenvalue weighted by Crippen LogP contribution is 2.20. The number of benzene rings is 2. The van der Waals surface area contributed by atoms with Gasteiger partial charge in [-0.25, -0.2) is 10.4 Å². The van der Waals surface area contributed by atoms with Crippen molar-refractivity contribution < 1.29 is 17.9 Å². The van der Waals surface area contributed by atoms with Gasteiger partial charge in [-0.1, -0.05) is 30.3 Å². The van der Waals surface area contributed by atoms with Gasteiger partial charge in [-0.2, -0.15) is 23.5 Å². The summed E-state index contributed by atoms with van der Waals surface area (Å²) in [4.78, 5) is 18.8. The van der Waals surface area contributed by atoms with E-state index in [9.17, 15) is 23.2 Å². The number of alkyl halides is 3. The fourth-order valence-electron chi connectivity index (χ4n) is 2.42. The summed E-state index contributed by atoms with van der Waals surface area (Å²) >= 11 is 0. The molecule has 1 heterocycles. The molecule has 0 saturated carbocycles. The Labute approximate surface area is 168 Å². The number of anilines is 1. The molecule has 0 atom stereocenters. The van der Waals surface area contributed by atoms with Gasteiger partial charge >= 0.3 is 6.18 Å². The van der Waals surface area contributed by atoms with Crippen LogP contribution in [0, 0.1) is 11.3 Å². The molecule has 1 aromatic heterocycles.